The van der Waals surface area contributed by atoms with Gasteiger partial charge in [-0.2, -0.15) is 0 Å². The molecule has 0 heterocycles. The molecule has 0 aliphatic carbocycles. The zero-order valence-electron chi connectivity index (χ0n) is 19.8. The number of nitro groups is 1. The molecule has 1 aromatic rings. The summed E-state index contributed by atoms with van der Waals surface area (Å²) >= 11 is 0. The van der Waals surface area contributed by atoms with E-state index in [0.717, 1.165) is 13.0 Å². The Morgan fingerprint density at radius 2 is 1.10 bits per heavy atom. The van der Waals surface area contributed by atoms with E-state index < -0.39 is 4.92 Å². The molecule has 0 atom stereocenters. The third-order valence-corrected chi connectivity index (χ3v) is 5.69. The van der Waals surface area contributed by atoms with Crippen molar-refractivity contribution < 1.29 is 14.4 Å². The van der Waals surface area contributed by atoms with E-state index in [1.54, 1.807) is 12.1 Å². The number of nitrogens with zero attached hydrogens (tertiary/aromatic N) is 1. The number of ether oxygens (including phenoxy) is 2. The molecule has 31 heavy (non-hydrogen) atoms. The molecular formula is C26H45NO4. The maximum atomic E-state index is 10.6. The van der Waals surface area contributed by atoms with Crippen LogP contribution in [0.3, 0.4) is 0 Å². The lowest BCUT2D eigenvalue weighted by Gasteiger charge is -2.07. The number of non-ortho nitro benzene ring substituents is 1. The number of hydrogen-bond donors (Lipinski definition) is 0. The lowest BCUT2D eigenvalue weighted by Crippen LogP contribution is -2.07. The van der Waals surface area contributed by atoms with Crippen LogP contribution in [0.4, 0.5) is 5.69 Å². The van der Waals surface area contributed by atoms with Gasteiger partial charge in [-0.1, -0.05) is 103 Å². The smallest absolute Gasteiger partial charge is 0.269 e. The molecule has 0 aliphatic heterocycles. The van der Waals surface area contributed by atoms with Crippen molar-refractivity contribution in [2.45, 2.75) is 110 Å². The first-order valence-electron chi connectivity index (χ1n) is 12.7. The predicted molar refractivity (Wildman–Crippen MR) is 129 cm³/mol. The summed E-state index contributed by atoms with van der Waals surface area (Å²) in [6.45, 7) is 4.08. The second-order valence-electron chi connectivity index (χ2n) is 8.52. The van der Waals surface area contributed by atoms with Crippen LogP contribution in [0.5, 0.6) is 5.75 Å². The van der Waals surface area contributed by atoms with Gasteiger partial charge in [0.1, 0.15) is 12.4 Å². The molecule has 1 rings (SSSR count). The maximum Gasteiger partial charge on any atom is 0.269 e. The van der Waals surface area contributed by atoms with Crippen molar-refractivity contribution in [3.8, 4) is 5.75 Å². The molecular weight excluding hydrogens is 390 g/mol. The van der Waals surface area contributed by atoms with Gasteiger partial charge in [-0.05, 0) is 18.6 Å². The number of benzene rings is 1. The summed E-state index contributed by atoms with van der Waals surface area (Å²) in [7, 11) is 0. The van der Waals surface area contributed by atoms with Gasteiger partial charge in [0.15, 0.2) is 0 Å². The molecule has 0 spiro atoms. The van der Waals surface area contributed by atoms with E-state index in [4.69, 9.17) is 9.47 Å². The Labute approximate surface area is 190 Å². The van der Waals surface area contributed by atoms with Gasteiger partial charge in [0, 0.05) is 18.7 Å². The van der Waals surface area contributed by atoms with Gasteiger partial charge in [0.25, 0.3) is 5.69 Å². The average Bonchev–Trinajstić information content (AvgIpc) is 2.78. The Bertz CT molecular complexity index is 533. The minimum absolute atomic E-state index is 0.0760. The van der Waals surface area contributed by atoms with E-state index in [0.29, 0.717) is 19.0 Å². The van der Waals surface area contributed by atoms with Crippen molar-refractivity contribution in [2.24, 2.45) is 0 Å². The van der Waals surface area contributed by atoms with Crippen LogP contribution < -0.4 is 4.74 Å². The first kappa shape index (κ1) is 27.4. The lowest BCUT2D eigenvalue weighted by molar-refractivity contribution is -0.384. The SMILES string of the molecule is CCCCCCCCCCCCCCCCCCOCCOc1ccc([N+](=O)[O-])cc1. The van der Waals surface area contributed by atoms with Crippen LogP contribution in [0.15, 0.2) is 24.3 Å². The van der Waals surface area contributed by atoms with Crippen LogP contribution in [0.2, 0.25) is 0 Å². The van der Waals surface area contributed by atoms with Gasteiger partial charge in [-0.25, -0.2) is 0 Å². The van der Waals surface area contributed by atoms with Crippen molar-refractivity contribution in [3.63, 3.8) is 0 Å². The average molecular weight is 436 g/mol. The number of nitro benzene ring substituents is 1. The Balaban J connectivity index is 1.75. The Morgan fingerprint density at radius 3 is 1.55 bits per heavy atom. The maximum absolute atomic E-state index is 10.6. The molecule has 5 nitrogen and oxygen atoms in total. The van der Waals surface area contributed by atoms with Crippen molar-refractivity contribution in [1.82, 2.24) is 0 Å². The highest BCUT2D eigenvalue weighted by molar-refractivity contribution is 5.35. The largest absolute Gasteiger partial charge is 0.491 e. The number of rotatable bonds is 22. The minimum atomic E-state index is -0.412. The van der Waals surface area contributed by atoms with Gasteiger partial charge in [-0.3, -0.25) is 10.1 Å². The standard InChI is InChI=1S/C26H45NO4/c1-2-3-4-5-6-7-8-9-10-11-12-13-14-15-16-17-22-30-23-24-31-26-20-18-25(19-21-26)27(28)29/h18-21H,2-17,22-24H2,1H3. The first-order valence-corrected chi connectivity index (χ1v) is 12.7. The van der Waals surface area contributed by atoms with Gasteiger partial charge in [-0.15, -0.1) is 0 Å². The summed E-state index contributed by atoms with van der Waals surface area (Å²) < 4.78 is 11.1. The highest BCUT2D eigenvalue weighted by Crippen LogP contribution is 2.17. The quantitative estimate of drug-likeness (QED) is 0.104. The molecule has 5 heteroatoms. The highest BCUT2D eigenvalue weighted by atomic mass is 16.6. The number of unbranched alkanes of at least 4 members (excludes halogenated alkanes) is 15. The normalized spacial score (nSPS) is 11.0. The lowest BCUT2D eigenvalue weighted by atomic mass is 10.0. The zero-order valence-corrected chi connectivity index (χ0v) is 19.8. The van der Waals surface area contributed by atoms with E-state index in [2.05, 4.69) is 6.92 Å². The highest BCUT2D eigenvalue weighted by Gasteiger charge is 2.04. The van der Waals surface area contributed by atoms with Gasteiger partial charge >= 0.3 is 0 Å². The molecule has 0 amide bonds. The van der Waals surface area contributed by atoms with Crippen LogP contribution in [-0.4, -0.2) is 24.7 Å². The molecule has 0 aromatic heterocycles. The van der Waals surface area contributed by atoms with Crippen LogP contribution >= 0.6 is 0 Å². The molecule has 0 saturated carbocycles. The topological polar surface area (TPSA) is 61.6 Å². The van der Waals surface area contributed by atoms with Crippen LogP contribution in [0, 0.1) is 10.1 Å². The predicted octanol–water partition coefficient (Wildman–Crippen LogP) is 8.25. The first-order chi connectivity index (χ1) is 15.2. The summed E-state index contributed by atoms with van der Waals surface area (Å²) in [5.74, 6) is 0.636. The molecule has 0 fully saturated rings. The van der Waals surface area contributed by atoms with Gasteiger partial charge < -0.3 is 9.47 Å². The molecule has 0 bridgehead atoms. The third kappa shape index (κ3) is 16.7. The van der Waals surface area contributed by atoms with E-state index >= 15 is 0 Å². The fourth-order valence-corrected chi connectivity index (χ4v) is 3.74. The molecule has 0 radical (unpaired) electrons. The van der Waals surface area contributed by atoms with Crippen LogP contribution in [-0.2, 0) is 4.74 Å². The Kier molecular flexibility index (Phi) is 17.9. The summed E-state index contributed by atoms with van der Waals surface area (Å²) in [6, 6.07) is 6.14. The van der Waals surface area contributed by atoms with Crippen molar-refractivity contribution >= 4 is 5.69 Å². The number of hydrogen-bond acceptors (Lipinski definition) is 4. The molecule has 178 valence electrons. The van der Waals surface area contributed by atoms with Crippen molar-refractivity contribution in [2.75, 3.05) is 19.8 Å². The van der Waals surface area contributed by atoms with E-state index in [1.807, 2.05) is 0 Å². The monoisotopic (exact) mass is 435 g/mol. The van der Waals surface area contributed by atoms with Crippen LogP contribution in [0.1, 0.15) is 110 Å². The van der Waals surface area contributed by atoms with E-state index in [-0.39, 0.29) is 5.69 Å². The Morgan fingerprint density at radius 1 is 0.645 bits per heavy atom. The van der Waals surface area contributed by atoms with Crippen LogP contribution in [0.25, 0.3) is 0 Å². The van der Waals surface area contributed by atoms with Crippen molar-refractivity contribution in [3.05, 3.63) is 34.4 Å². The molecule has 0 unspecified atom stereocenters. The summed E-state index contributed by atoms with van der Waals surface area (Å²) in [5, 5.41) is 10.6. The summed E-state index contributed by atoms with van der Waals surface area (Å²) in [5.41, 5.74) is 0.0760. The zero-order chi connectivity index (χ0) is 22.4. The fraction of sp³-hybridized carbons (Fsp3) is 0.769. The third-order valence-electron chi connectivity index (χ3n) is 5.69. The molecule has 0 aliphatic rings. The molecule has 0 saturated heterocycles. The van der Waals surface area contributed by atoms with Crippen molar-refractivity contribution in [1.29, 1.82) is 0 Å². The summed E-state index contributed by atoms with van der Waals surface area (Å²) in [4.78, 5) is 10.2. The molecule has 1 aromatic carbocycles. The minimum Gasteiger partial charge on any atom is -0.491 e. The van der Waals surface area contributed by atoms with E-state index in [1.165, 1.54) is 108 Å². The fourth-order valence-electron chi connectivity index (χ4n) is 3.74. The summed E-state index contributed by atoms with van der Waals surface area (Å²) in [6.07, 6.45) is 22.0. The van der Waals surface area contributed by atoms with Gasteiger partial charge in [0.2, 0.25) is 0 Å². The molecule has 0 N–H and O–H groups in total. The van der Waals surface area contributed by atoms with E-state index in [9.17, 15) is 10.1 Å². The Hall–Kier alpha value is -1.62. The second kappa shape index (κ2) is 20.3. The van der Waals surface area contributed by atoms with Gasteiger partial charge in [0.05, 0.1) is 11.5 Å². The second-order valence-corrected chi connectivity index (χ2v) is 8.52.